The predicted octanol–water partition coefficient (Wildman–Crippen LogP) is 4.05. The maximum atomic E-state index is 13.0. The molecule has 7 N–H and O–H groups in total. The zero-order valence-corrected chi connectivity index (χ0v) is 33.6. The quantitative estimate of drug-likeness (QED) is 0.0886. The number of aliphatic carboxylic acids is 4. The van der Waals surface area contributed by atoms with Crippen molar-refractivity contribution in [3.8, 4) is 0 Å². The zero-order chi connectivity index (χ0) is 41.6. The van der Waals surface area contributed by atoms with Crippen molar-refractivity contribution in [2.24, 2.45) is 50.2 Å². The summed E-state index contributed by atoms with van der Waals surface area (Å²) in [6, 6.07) is 0. The predicted molar refractivity (Wildman–Crippen MR) is 196 cm³/mol. The monoisotopic (exact) mass is 794 g/mol. The van der Waals surface area contributed by atoms with Crippen LogP contribution in [0.15, 0.2) is 11.6 Å². The number of carbonyl (C=O) groups is 4. The second-order valence-electron chi connectivity index (χ2n) is 19.9. The third-order valence-electron chi connectivity index (χ3n) is 16.3. The molecule has 15 heteroatoms. The zero-order valence-electron chi connectivity index (χ0n) is 33.6. The first-order valence-corrected chi connectivity index (χ1v) is 20.1. The fraction of sp³-hybridized carbons (Fsp3) is 0.854. The lowest BCUT2D eigenvalue weighted by Gasteiger charge is -2.71. The van der Waals surface area contributed by atoms with E-state index in [0.717, 1.165) is 44.9 Å². The minimum Gasteiger partial charge on any atom is -0.481 e. The van der Waals surface area contributed by atoms with Crippen LogP contribution in [0.5, 0.6) is 0 Å². The lowest BCUT2D eigenvalue weighted by molar-refractivity contribution is -0.345. The molecular formula is C41H62O15. The highest BCUT2D eigenvalue weighted by atomic mass is 16.7. The van der Waals surface area contributed by atoms with Gasteiger partial charge in [0.2, 0.25) is 6.10 Å². The summed E-state index contributed by atoms with van der Waals surface area (Å²) < 4.78 is 22.5. The number of carboxylic acids is 4. The molecule has 4 saturated carbocycles. The third kappa shape index (κ3) is 6.70. The molecule has 0 radical (unpaired) electrons. The molecule has 0 aromatic heterocycles. The summed E-state index contributed by atoms with van der Waals surface area (Å²) in [6.07, 6.45) is -4.44. The molecule has 0 aromatic rings. The molecule has 6 rings (SSSR count). The summed E-state index contributed by atoms with van der Waals surface area (Å²) >= 11 is 0. The average molecular weight is 795 g/mol. The van der Waals surface area contributed by atoms with E-state index in [1.165, 1.54) is 5.57 Å². The normalized spacial score (nSPS) is 45.0. The fourth-order valence-electron chi connectivity index (χ4n) is 12.9. The maximum Gasteiger partial charge on any atom is 0.337 e. The van der Waals surface area contributed by atoms with E-state index in [1.807, 2.05) is 0 Å². The fourth-order valence-corrected chi connectivity index (χ4v) is 12.9. The summed E-state index contributed by atoms with van der Waals surface area (Å²) in [5.74, 6) is -5.22. The Balaban J connectivity index is 1.25. The molecule has 56 heavy (non-hydrogen) atoms. The summed E-state index contributed by atoms with van der Waals surface area (Å²) in [7, 11) is 0. The Labute approximate surface area is 327 Å². The summed E-state index contributed by atoms with van der Waals surface area (Å²) in [6.45, 7) is 14.8. The molecule has 0 bridgehead atoms. The van der Waals surface area contributed by atoms with E-state index >= 15 is 0 Å². The third-order valence-corrected chi connectivity index (χ3v) is 16.3. The smallest absolute Gasteiger partial charge is 0.337 e. The molecule has 15 atom stereocenters. The first-order chi connectivity index (χ1) is 25.9. The number of ether oxygens (including phenoxy) is 4. The number of aliphatic hydroxyl groups is 3. The van der Waals surface area contributed by atoms with Crippen molar-refractivity contribution in [1.82, 2.24) is 0 Å². The van der Waals surface area contributed by atoms with E-state index in [-0.39, 0.29) is 33.5 Å². The van der Waals surface area contributed by atoms with Crippen molar-refractivity contribution >= 4 is 23.9 Å². The highest BCUT2D eigenvalue weighted by Crippen LogP contribution is 2.76. The van der Waals surface area contributed by atoms with Crippen LogP contribution in [0.2, 0.25) is 0 Å². The highest BCUT2D eigenvalue weighted by molar-refractivity contribution is 5.77. The van der Waals surface area contributed by atoms with Crippen LogP contribution in [0, 0.1) is 50.2 Å². The number of carboxylic acid groups (broad SMARTS) is 4. The van der Waals surface area contributed by atoms with Gasteiger partial charge in [-0.1, -0.05) is 60.1 Å². The van der Waals surface area contributed by atoms with Crippen molar-refractivity contribution in [3.63, 3.8) is 0 Å². The first-order valence-electron chi connectivity index (χ1n) is 20.1. The molecule has 1 saturated heterocycles. The average Bonchev–Trinajstić information content (AvgIpc) is 3.09. The van der Waals surface area contributed by atoms with Gasteiger partial charge < -0.3 is 54.7 Å². The minimum atomic E-state index is -2.44. The number of rotatable bonds is 11. The van der Waals surface area contributed by atoms with Gasteiger partial charge in [0.05, 0.1) is 11.5 Å². The summed E-state index contributed by atoms with van der Waals surface area (Å²) in [5.41, 5.74) is -0.246. The number of hydrogen-bond donors (Lipinski definition) is 7. The molecule has 0 aromatic carbocycles. The number of allylic oxidation sites excluding steroid dienone is 2. The Morgan fingerprint density at radius 1 is 0.857 bits per heavy atom. The van der Waals surface area contributed by atoms with Gasteiger partial charge in [-0.15, -0.1) is 0 Å². The van der Waals surface area contributed by atoms with Crippen LogP contribution in [-0.4, -0.2) is 115 Å². The standard InChI is InChI=1S/C41H62O15/c1-36(2)14-16-41(35(51)52)17-15-39(6)20(21(41)18-36)8-9-23-38(5)12-11-24(37(3,4)22(38)10-13-40(23,39)7)54-34-27(45)29(26(44)30(56-34)32(49)50)55-33(28(46)31(47)48)53-19-25(42)43/h8,21-24,26-30,33-34,44-46H,9-19H2,1-7H3,(H,42,43)(H,47,48)(H,49,50)(H,51,52)/t21-,22-,23+,24-,26-,27+,28+,29-,30-,33+,34+,38-,39+,40+,41-/m0/s1. The Morgan fingerprint density at radius 3 is 2.12 bits per heavy atom. The molecule has 0 amide bonds. The van der Waals surface area contributed by atoms with Gasteiger partial charge >= 0.3 is 23.9 Å². The van der Waals surface area contributed by atoms with Gasteiger partial charge in [0, 0.05) is 0 Å². The van der Waals surface area contributed by atoms with Gasteiger partial charge in [0.1, 0.15) is 24.9 Å². The van der Waals surface area contributed by atoms with Crippen molar-refractivity contribution in [1.29, 1.82) is 0 Å². The van der Waals surface area contributed by atoms with Crippen molar-refractivity contribution in [2.45, 2.75) is 162 Å². The van der Waals surface area contributed by atoms with Gasteiger partial charge in [-0.05, 0) is 109 Å². The SMILES string of the molecule is CC1(C)CC[C@]2(C(=O)O)CC[C@]3(C)C(=CC[C@@H]4[C@@]5(C)CC[C@H](O[C@@H]6O[C@H](C(=O)O)[C@@H](O)[C@H](O[C@@H](OCC(=O)O)[C@H](O)C(=O)O)[C@H]6O)C(C)(C)[C@@H]5CC[C@]43C)[C@@H]2C1. The van der Waals surface area contributed by atoms with Crippen molar-refractivity contribution in [3.05, 3.63) is 11.6 Å². The van der Waals surface area contributed by atoms with Crippen LogP contribution < -0.4 is 0 Å². The van der Waals surface area contributed by atoms with E-state index in [2.05, 4.69) is 54.5 Å². The molecule has 0 spiro atoms. The molecule has 5 fully saturated rings. The molecular weight excluding hydrogens is 732 g/mol. The molecule has 316 valence electrons. The van der Waals surface area contributed by atoms with Gasteiger partial charge in [-0.25, -0.2) is 14.4 Å². The largest absolute Gasteiger partial charge is 0.481 e. The van der Waals surface area contributed by atoms with Gasteiger partial charge in [-0.3, -0.25) is 4.79 Å². The lowest BCUT2D eigenvalue weighted by Crippen LogP contribution is -2.66. The van der Waals surface area contributed by atoms with Crippen LogP contribution in [0.25, 0.3) is 0 Å². The Kier molecular flexibility index (Phi) is 11.2. The summed E-state index contributed by atoms with van der Waals surface area (Å²) in [5, 5.41) is 71.6. The molecule has 5 aliphatic carbocycles. The maximum absolute atomic E-state index is 13.0. The molecule has 1 heterocycles. The van der Waals surface area contributed by atoms with Gasteiger partial charge in [-0.2, -0.15) is 0 Å². The van der Waals surface area contributed by atoms with Crippen LogP contribution in [0.1, 0.15) is 113 Å². The number of fused-ring (bicyclic) bond motifs is 7. The van der Waals surface area contributed by atoms with E-state index < -0.39 is 90.5 Å². The second kappa shape index (κ2) is 14.6. The van der Waals surface area contributed by atoms with E-state index in [0.29, 0.717) is 25.2 Å². The molecule has 1 aliphatic heterocycles. The van der Waals surface area contributed by atoms with Crippen LogP contribution >= 0.6 is 0 Å². The Morgan fingerprint density at radius 2 is 1.52 bits per heavy atom. The van der Waals surface area contributed by atoms with Crippen molar-refractivity contribution in [2.75, 3.05) is 6.61 Å². The first kappa shape index (κ1) is 42.9. The Hall–Kier alpha value is -2.66. The molecule has 0 unspecified atom stereocenters. The topological polar surface area (TPSA) is 247 Å². The number of aliphatic hydroxyl groups excluding tert-OH is 3. The van der Waals surface area contributed by atoms with Crippen LogP contribution in [0.3, 0.4) is 0 Å². The van der Waals surface area contributed by atoms with E-state index in [9.17, 15) is 49.8 Å². The minimum absolute atomic E-state index is 0.000609. The van der Waals surface area contributed by atoms with E-state index in [1.54, 1.807) is 0 Å². The van der Waals surface area contributed by atoms with Gasteiger partial charge in [0.25, 0.3) is 0 Å². The van der Waals surface area contributed by atoms with Crippen LogP contribution in [0.4, 0.5) is 0 Å². The highest BCUT2D eigenvalue weighted by Gasteiger charge is 2.69. The van der Waals surface area contributed by atoms with Gasteiger partial charge in [0.15, 0.2) is 18.7 Å². The lowest BCUT2D eigenvalue weighted by atomic mass is 9.33. The summed E-state index contributed by atoms with van der Waals surface area (Å²) in [4.78, 5) is 48.0. The van der Waals surface area contributed by atoms with Crippen molar-refractivity contribution < 1.29 is 73.9 Å². The molecule has 15 nitrogen and oxygen atoms in total. The molecule has 6 aliphatic rings. The Bertz CT molecular complexity index is 1610. The van der Waals surface area contributed by atoms with Crippen LogP contribution in [-0.2, 0) is 38.1 Å². The number of hydrogen-bond acceptors (Lipinski definition) is 11. The second-order valence-corrected chi connectivity index (χ2v) is 19.9. The van der Waals surface area contributed by atoms with E-state index in [4.69, 9.17) is 24.1 Å².